The summed E-state index contributed by atoms with van der Waals surface area (Å²) in [5.74, 6) is 0.690. The summed E-state index contributed by atoms with van der Waals surface area (Å²) >= 11 is 3.57. The van der Waals surface area contributed by atoms with Crippen molar-refractivity contribution in [3.63, 3.8) is 0 Å². The molecule has 0 saturated heterocycles. The van der Waals surface area contributed by atoms with Crippen LogP contribution in [0.15, 0.2) is 94.1 Å². The molecule has 0 spiro atoms. The molecule has 8 heteroatoms. The smallest absolute Gasteiger partial charge is 0.271 e. The molecule has 0 saturated carbocycles. The molecule has 200 valence electrons. The van der Waals surface area contributed by atoms with E-state index >= 15 is 0 Å². The van der Waals surface area contributed by atoms with E-state index in [1.165, 1.54) is 17.0 Å². The summed E-state index contributed by atoms with van der Waals surface area (Å²) < 4.78 is 15.6. The van der Waals surface area contributed by atoms with Crippen LogP contribution < -0.4 is 9.83 Å². The Morgan fingerprint density at radius 3 is 2.38 bits per heavy atom. The van der Waals surface area contributed by atoms with Gasteiger partial charge in [-0.3, -0.25) is 10.1 Å². The summed E-state index contributed by atoms with van der Waals surface area (Å²) in [5.41, 5.74) is 3.78. The molecule has 0 aliphatic carbocycles. The van der Waals surface area contributed by atoms with E-state index in [4.69, 9.17) is 9.27 Å². The Kier molecular flexibility index (Phi) is 7.17. The second kappa shape index (κ2) is 10.3. The van der Waals surface area contributed by atoms with Crippen LogP contribution in [0.1, 0.15) is 33.3 Å². The van der Waals surface area contributed by atoms with Crippen LogP contribution in [0.25, 0.3) is 21.8 Å². The molecule has 4 aromatic carbocycles. The van der Waals surface area contributed by atoms with Crippen molar-refractivity contribution >= 4 is 61.7 Å². The minimum absolute atomic E-state index is 0.00952. The van der Waals surface area contributed by atoms with Crippen LogP contribution in [-0.2, 0) is 6.54 Å². The first-order chi connectivity index (χ1) is 18.5. The SMILES string of the molecule is CCn1c2ccccc2c2cc(P(=Nc3cc([N+](=O)[O-])ccc3C)(Oc3cccc(Br)c3)C(C)(C)C)ccc21. The van der Waals surface area contributed by atoms with Crippen LogP contribution in [0.4, 0.5) is 11.4 Å². The molecular formula is C31H31BrN3O3P. The third-order valence-corrected chi connectivity index (χ3v) is 11.3. The lowest BCUT2D eigenvalue weighted by atomic mass is 10.1. The number of aromatic nitrogens is 1. The number of nitro benzene ring substituents is 1. The van der Waals surface area contributed by atoms with Crippen molar-refractivity contribution in [3.8, 4) is 5.75 Å². The van der Waals surface area contributed by atoms with Gasteiger partial charge in [-0.25, -0.2) is 4.74 Å². The third kappa shape index (κ3) is 4.90. The number of fused-ring (bicyclic) bond motifs is 3. The molecule has 1 aromatic heterocycles. The summed E-state index contributed by atoms with van der Waals surface area (Å²) in [6, 6.07) is 27.5. The number of aryl methyl sites for hydroxylation is 2. The first-order valence-electron chi connectivity index (χ1n) is 12.9. The van der Waals surface area contributed by atoms with Crippen LogP contribution in [0.2, 0.25) is 0 Å². The molecule has 0 aliphatic heterocycles. The van der Waals surface area contributed by atoms with Gasteiger partial charge >= 0.3 is 0 Å². The van der Waals surface area contributed by atoms with Crippen molar-refractivity contribution in [1.82, 2.24) is 4.57 Å². The Labute approximate surface area is 237 Å². The molecule has 1 heterocycles. The zero-order valence-electron chi connectivity index (χ0n) is 22.7. The van der Waals surface area contributed by atoms with E-state index < -0.39 is 12.4 Å². The summed E-state index contributed by atoms with van der Waals surface area (Å²) in [6.07, 6.45) is 0. The fraction of sp³-hybridized carbons (Fsp3) is 0.226. The van der Waals surface area contributed by atoms with E-state index in [1.807, 2.05) is 31.2 Å². The molecule has 0 N–H and O–H groups in total. The van der Waals surface area contributed by atoms with Crippen LogP contribution in [0.3, 0.4) is 0 Å². The number of rotatable bonds is 6. The molecule has 1 atom stereocenters. The minimum Gasteiger partial charge on any atom is -0.455 e. The summed E-state index contributed by atoms with van der Waals surface area (Å²) in [4.78, 5) is 11.3. The Morgan fingerprint density at radius 1 is 0.949 bits per heavy atom. The average molecular weight is 604 g/mol. The highest BCUT2D eigenvalue weighted by atomic mass is 79.9. The standard InChI is InChI=1S/C31H31BrN3O3P/c1-6-34-29-13-8-7-12-26(29)27-20-25(16-17-30(27)34)39(31(3,4)5,38-24-11-9-10-22(32)18-24)33-28-19-23(35(36)37)15-14-21(28)2/h7-20H,6H2,1-5H3. The quantitative estimate of drug-likeness (QED) is 0.110. The maximum atomic E-state index is 11.7. The molecule has 5 rings (SSSR count). The number of hydrogen-bond acceptors (Lipinski definition) is 4. The molecule has 0 fully saturated rings. The van der Waals surface area contributed by atoms with Crippen molar-refractivity contribution in [2.24, 2.45) is 4.74 Å². The lowest BCUT2D eigenvalue weighted by molar-refractivity contribution is -0.384. The summed E-state index contributed by atoms with van der Waals surface area (Å²) in [7, 11) is -2.88. The summed E-state index contributed by atoms with van der Waals surface area (Å²) in [5, 5.41) is 14.5. The molecule has 0 aliphatic rings. The van der Waals surface area contributed by atoms with E-state index in [2.05, 4.69) is 90.7 Å². The molecule has 0 bridgehead atoms. The average Bonchev–Trinajstić information content (AvgIpc) is 3.21. The van der Waals surface area contributed by atoms with Gasteiger partial charge in [-0.05, 0) is 61.9 Å². The van der Waals surface area contributed by atoms with Gasteiger partial charge in [0.15, 0.2) is 7.28 Å². The van der Waals surface area contributed by atoms with E-state index in [-0.39, 0.29) is 10.6 Å². The maximum absolute atomic E-state index is 11.7. The lowest BCUT2D eigenvalue weighted by Gasteiger charge is -2.37. The molecular weight excluding hydrogens is 573 g/mol. The van der Waals surface area contributed by atoms with E-state index in [0.717, 1.165) is 32.8 Å². The van der Waals surface area contributed by atoms with E-state index in [1.54, 1.807) is 12.1 Å². The normalized spacial score (nSPS) is 13.4. The third-order valence-electron chi connectivity index (χ3n) is 7.02. The number of nitro groups is 1. The number of halogens is 1. The Balaban J connectivity index is 1.88. The highest BCUT2D eigenvalue weighted by Crippen LogP contribution is 2.62. The Morgan fingerprint density at radius 2 is 1.69 bits per heavy atom. The first-order valence-corrected chi connectivity index (χ1v) is 15.3. The van der Waals surface area contributed by atoms with Gasteiger partial charge in [-0.2, -0.15) is 0 Å². The molecule has 5 aromatic rings. The highest BCUT2D eigenvalue weighted by molar-refractivity contribution is 9.10. The Bertz CT molecular complexity index is 1790. The van der Waals surface area contributed by atoms with Gasteiger partial charge in [0, 0.05) is 55.4 Å². The van der Waals surface area contributed by atoms with Crippen molar-refractivity contribution in [1.29, 1.82) is 0 Å². The molecule has 6 nitrogen and oxygen atoms in total. The number of para-hydroxylation sites is 1. The van der Waals surface area contributed by atoms with Gasteiger partial charge in [0.2, 0.25) is 0 Å². The predicted molar refractivity (Wildman–Crippen MR) is 166 cm³/mol. The largest absolute Gasteiger partial charge is 0.455 e. The lowest BCUT2D eigenvalue weighted by Crippen LogP contribution is -2.27. The minimum atomic E-state index is -2.88. The molecule has 1 unspecified atom stereocenters. The van der Waals surface area contributed by atoms with Crippen LogP contribution in [0.5, 0.6) is 5.75 Å². The van der Waals surface area contributed by atoms with E-state index in [0.29, 0.717) is 11.4 Å². The van der Waals surface area contributed by atoms with Gasteiger partial charge in [0.25, 0.3) is 5.69 Å². The van der Waals surface area contributed by atoms with Gasteiger partial charge < -0.3 is 9.09 Å². The number of hydrogen-bond donors (Lipinski definition) is 0. The van der Waals surface area contributed by atoms with Crippen LogP contribution in [-0.4, -0.2) is 14.6 Å². The second-order valence-electron chi connectivity index (χ2n) is 10.6. The monoisotopic (exact) mass is 603 g/mol. The van der Waals surface area contributed by atoms with Crippen LogP contribution >= 0.6 is 23.2 Å². The Hall–Kier alpha value is -3.41. The molecule has 0 amide bonds. The molecule has 0 radical (unpaired) electrons. The maximum Gasteiger partial charge on any atom is 0.271 e. The van der Waals surface area contributed by atoms with Crippen molar-refractivity contribution in [2.45, 2.75) is 46.3 Å². The number of nitrogens with zero attached hydrogens (tertiary/aromatic N) is 3. The number of non-ortho nitro benzene ring substituents is 1. The fourth-order valence-electron chi connectivity index (χ4n) is 5.02. The van der Waals surface area contributed by atoms with Crippen molar-refractivity contribution in [2.75, 3.05) is 0 Å². The first kappa shape index (κ1) is 27.2. The van der Waals surface area contributed by atoms with Gasteiger partial charge in [-0.1, -0.05) is 67.0 Å². The van der Waals surface area contributed by atoms with Gasteiger partial charge in [0.05, 0.1) is 10.6 Å². The molecule has 39 heavy (non-hydrogen) atoms. The predicted octanol–water partition coefficient (Wildman–Crippen LogP) is 9.74. The van der Waals surface area contributed by atoms with Gasteiger partial charge in [0.1, 0.15) is 5.75 Å². The zero-order chi connectivity index (χ0) is 27.9. The highest BCUT2D eigenvalue weighted by Gasteiger charge is 2.39. The fourth-order valence-corrected chi connectivity index (χ4v) is 8.53. The van der Waals surface area contributed by atoms with Crippen LogP contribution in [0, 0.1) is 17.0 Å². The summed E-state index contributed by atoms with van der Waals surface area (Å²) in [6.45, 7) is 11.3. The van der Waals surface area contributed by atoms with Crippen molar-refractivity contribution in [3.05, 3.63) is 105 Å². The van der Waals surface area contributed by atoms with E-state index in [9.17, 15) is 10.1 Å². The topological polar surface area (TPSA) is 69.7 Å². The second-order valence-corrected chi connectivity index (χ2v) is 14.9. The van der Waals surface area contributed by atoms with Crippen molar-refractivity contribution < 1.29 is 9.45 Å². The zero-order valence-corrected chi connectivity index (χ0v) is 25.2. The number of benzene rings is 4. The van der Waals surface area contributed by atoms with Gasteiger partial charge in [-0.15, -0.1) is 0 Å².